The van der Waals surface area contributed by atoms with E-state index in [1.54, 1.807) is 25.1 Å². The van der Waals surface area contributed by atoms with E-state index in [-0.39, 0.29) is 5.91 Å². The maximum Gasteiger partial charge on any atom is 0.257 e. The van der Waals surface area contributed by atoms with Crippen molar-refractivity contribution in [2.24, 2.45) is 0 Å². The normalized spacial score (nSPS) is 10.6. The number of aromatic nitrogens is 2. The Labute approximate surface area is 152 Å². The lowest BCUT2D eigenvalue weighted by molar-refractivity contribution is 0.102. The molecule has 0 unspecified atom stereocenters. The molecule has 1 N–H and O–H groups in total. The van der Waals surface area contributed by atoms with Crippen molar-refractivity contribution in [2.45, 2.75) is 13.3 Å². The molecule has 0 aliphatic heterocycles. The minimum Gasteiger partial charge on any atom is -0.339 e. The predicted molar refractivity (Wildman–Crippen MR) is 95.4 cm³/mol. The van der Waals surface area contributed by atoms with E-state index in [2.05, 4.69) is 31.4 Å². The second-order valence-corrected chi connectivity index (χ2v) is 6.47. The van der Waals surface area contributed by atoms with Gasteiger partial charge in [-0.15, -0.1) is 0 Å². The van der Waals surface area contributed by atoms with Crippen LogP contribution in [0.1, 0.15) is 27.6 Å². The highest BCUT2D eigenvalue weighted by atomic mass is 79.9. The SMILES string of the molecule is Cc1noc(Cc2ccccc2NC(=O)c2cc(Br)ccc2Cl)n1. The number of nitrogens with one attached hydrogen (secondary N) is 1. The lowest BCUT2D eigenvalue weighted by atomic mass is 10.1. The lowest BCUT2D eigenvalue weighted by Gasteiger charge is -2.11. The first-order chi connectivity index (χ1) is 11.5. The third-order valence-electron chi connectivity index (χ3n) is 3.35. The molecule has 0 aliphatic rings. The standard InChI is InChI=1S/C17H13BrClN3O2/c1-10-20-16(24-22-10)8-11-4-2-3-5-15(11)21-17(23)13-9-12(18)6-7-14(13)19/h2-7,9H,8H2,1H3,(H,21,23). The number of carbonyl (C=O) groups is 1. The molecular formula is C17H13BrClN3O2. The zero-order valence-electron chi connectivity index (χ0n) is 12.7. The number of aryl methyl sites for hydroxylation is 1. The van der Waals surface area contributed by atoms with Gasteiger partial charge in [0.25, 0.3) is 5.91 Å². The van der Waals surface area contributed by atoms with E-state index < -0.39 is 0 Å². The molecule has 0 aliphatic carbocycles. The quantitative estimate of drug-likeness (QED) is 0.685. The Morgan fingerprint density at radius 3 is 2.83 bits per heavy atom. The van der Waals surface area contributed by atoms with E-state index in [0.717, 1.165) is 10.0 Å². The monoisotopic (exact) mass is 405 g/mol. The molecule has 2 aromatic carbocycles. The molecule has 3 aromatic rings. The Bertz CT molecular complexity index is 895. The summed E-state index contributed by atoms with van der Waals surface area (Å²) in [5.74, 6) is 0.789. The molecule has 0 saturated carbocycles. The van der Waals surface area contributed by atoms with Crippen LogP contribution in [0.2, 0.25) is 5.02 Å². The van der Waals surface area contributed by atoms with Crippen LogP contribution < -0.4 is 5.32 Å². The highest BCUT2D eigenvalue weighted by Crippen LogP contribution is 2.24. The number of anilines is 1. The third kappa shape index (κ3) is 3.83. The number of hydrogen-bond donors (Lipinski definition) is 1. The summed E-state index contributed by atoms with van der Waals surface area (Å²) in [7, 11) is 0. The maximum atomic E-state index is 12.5. The van der Waals surface area contributed by atoms with E-state index in [1.165, 1.54) is 0 Å². The fourth-order valence-corrected chi connectivity index (χ4v) is 2.80. The summed E-state index contributed by atoms with van der Waals surface area (Å²) in [6.45, 7) is 1.76. The predicted octanol–water partition coefficient (Wildman–Crippen LogP) is 4.64. The van der Waals surface area contributed by atoms with Crippen molar-refractivity contribution in [3.63, 3.8) is 0 Å². The Balaban J connectivity index is 1.85. The zero-order chi connectivity index (χ0) is 17.1. The Morgan fingerprint density at radius 2 is 2.08 bits per heavy atom. The molecule has 0 spiro atoms. The number of carbonyl (C=O) groups excluding carboxylic acids is 1. The van der Waals surface area contributed by atoms with Crippen LogP contribution in [0, 0.1) is 6.92 Å². The summed E-state index contributed by atoms with van der Waals surface area (Å²) in [4.78, 5) is 16.7. The maximum absolute atomic E-state index is 12.5. The van der Waals surface area contributed by atoms with Crippen LogP contribution in [0.4, 0.5) is 5.69 Å². The largest absolute Gasteiger partial charge is 0.339 e. The van der Waals surface area contributed by atoms with Gasteiger partial charge in [0, 0.05) is 10.2 Å². The number of amides is 1. The Morgan fingerprint density at radius 1 is 1.29 bits per heavy atom. The molecule has 24 heavy (non-hydrogen) atoms. The number of halogens is 2. The fraction of sp³-hybridized carbons (Fsp3) is 0.118. The van der Waals surface area contributed by atoms with Gasteiger partial charge < -0.3 is 9.84 Å². The second-order valence-electron chi connectivity index (χ2n) is 5.15. The van der Waals surface area contributed by atoms with Crippen LogP contribution in [-0.2, 0) is 6.42 Å². The molecular weight excluding hydrogens is 394 g/mol. The summed E-state index contributed by atoms with van der Waals surface area (Å²) in [5.41, 5.74) is 1.95. The Kier molecular flexibility index (Phi) is 4.97. The van der Waals surface area contributed by atoms with Crippen molar-refractivity contribution >= 4 is 39.1 Å². The van der Waals surface area contributed by atoms with Gasteiger partial charge in [-0.25, -0.2) is 0 Å². The molecule has 122 valence electrons. The van der Waals surface area contributed by atoms with Crippen LogP contribution in [-0.4, -0.2) is 16.0 Å². The first-order valence-electron chi connectivity index (χ1n) is 7.16. The topological polar surface area (TPSA) is 68.0 Å². The highest BCUT2D eigenvalue weighted by molar-refractivity contribution is 9.10. The van der Waals surface area contributed by atoms with E-state index in [9.17, 15) is 4.79 Å². The first kappa shape index (κ1) is 16.7. The molecule has 3 rings (SSSR count). The summed E-state index contributed by atoms with van der Waals surface area (Å²) in [6.07, 6.45) is 0.434. The van der Waals surface area contributed by atoms with Crippen LogP contribution >= 0.6 is 27.5 Å². The van der Waals surface area contributed by atoms with Crippen molar-refractivity contribution in [1.29, 1.82) is 0 Å². The third-order valence-corrected chi connectivity index (χ3v) is 4.17. The molecule has 1 heterocycles. The summed E-state index contributed by atoms with van der Waals surface area (Å²) in [6, 6.07) is 12.6. The fourth-order valence-electron chi connectivity index (χ4n) is 2.23. The van der Waals surface area contributed by atoms with Crippen LogP contribution in [0.25, 0.3) is 0 Å². The van der Waals surface area contributed by atoms with Crippen molar-refractivity contribution in [3.8, 4) is 0 Å². The minimum atomic E-state index is -0.282. The van der Waals surface area contributed by atoms with E-state index in [1.807, 2.05) is 24.3 Å². The van der Waals surface area contributed by atoms with Gasteiger partial charge >= 0.3 is 0 Å². The van der Waals surface area contributed by atoms with Gasteiger partial charge in [-0.1, -0.05) is 50.9 Å². The molecule has 0 saturated heterocycles. The lowest BCUT2D eigenvalue weighted by Crippen LogP contribution is -2.14. The van der Waals surface area contributed by atoms with E-state index in [0.29, 0.717) is 34.4 Å². The second kappa shape index (κ2) is 7.15. The minimum absolute atomic E-state index is 0.282. The van der Waals surface area contributed by atoms with Gasteiger partial charge in [-0.3, -0.25) is 4.79 Å². The van der Waals surface area contributed by atoms with Crippen molar-refractivity contribution < 1.29 is 9.32 Å². The average molecular weight is 407 g/mol. The van der Waals surface area contributed by atoms with Crippen LogP contribution in [0.15, 0.2) is 51.5 Å². The number of para-hydroxylation sites is 1. The van der Waals surface area contributed by atoms with Gasteiger partial charge in [0.15, 0.2) is 5.82 Å². The van der Waals surface area contributed by atoms with E-state index >= 15 is 0 Å². The van der Waals surface area contributed by atoms with E-state index in [4.69, 9.17) is 16.1 Å². The van der Waals surface area contributed by atoms with Crippen molar-refractivity contribution in [1.82, 2.24) is 10.1 Å². The van der Waals surface area contributed by atoms with Crippen LogP contribution in [0.5, 0.6) is 0 Å². The molecule has 0 atom stereocenters. The van der Waals surface area contributed by atoms with Gasteiger partial charge in [0.2, 0.25) is 5.89 Å². The zero-order valence-corrected chi connectivity index (χ0v) is 15.1. The van der Waals surface area contributed by atoms with Gasteiger partial charge in [0.05, 0.1) is 17.0 Å². The number of nitrogens with zero attached hydrogens (tertiary/aromatic N) is 2. The first-order valence-corrected chi connectivity index (χ1v) is 8.33. The van der Waals surface area contributed by atoms with Crippen LogP contribution in [0.3, 0.4) is 0 Å². The molecule has 1 aromatic heterocycles. The summed E-state index contributed by atoms with van der Waals surface area (Å²) < 4.78 is 5.93. The highest BCUT2D eigenvalue weighted by Gasteiger charge is 2.14. The number of hydrogen-bond acceptors (Lipinski definition) is 4. The molecule has 5 nitrogen and oxygen atoms in total. The Hall–Kier alpha value is -2.18. The molecule has 7 heteroatoms. The number of benzene rings is 2. The van der Waals surface area contributed by atoms with Gasteiger partial charge in [-0.2, -0.15) is 4.98 Å². The van der Waals surface area contributed by atoms with Crippen molar-refractivity contribution in [2.75, 3.05) is 5.32 Å². The van der Waals surface area contributed by atoms with Gasteiger partial charge in [0.1, 0.15) is 0 Å². The molecule has 0 radical (unpaired) electrons. The average Bonchev–Trinajstić information content (AvgIpc) is 2.96. The van der Waals surface area contributed by atoms with Crippen molar-refractivity contribution in [3.05, 3.63) is 74.8 Å². The summed E-state index contributed by atoms with van der Waals surface area (Å²) >= 11 is 9.46. The van der Waals surface area contributed by atoms with Gasteiger partial charge in [-0.05, 0) is 36.8 Å². The smallest absolute Gasteiger partial charge is 0.257 e. The molecule has 0 fully saturated rings. The molecule has 1 amide bonds. The summed E-state index contributed by atoms with van der Waals surface area (Å²) in [5, 5.41) is 7.05. The number of rotatable bonds is 4. The molecule has 0 bridgehead atoms.